The fourth-order valence-electron chi connectivity index (χ4n) is 1.49. The maximum atomic E-state index is 11.8. The van der Waals surface area contributed by atoms with Gasteiger partial charge in [0.05, 0.1) is 29.1 Å². The average molecular weight is 287 g/mol. The van der Waals surface area contributed by atoms with Gasteiger partial charge in [0.1, 0.15) is 6.61 Å². The van der Waals surface area contributed by atoms with Gasteiger partial charge in [-0.25, -0.2) is 0 Å². The normalized spacial score (nSPS) is 13.9. The van der Waals surface area contributed by atoms with Crippen LogP contribution in [0.3, 0.4) is 0 Å². The number of aryl methyl sites for hydroxylation is 2. The number of aliphatic hydroxyl groups is 1. The van der Waals surface area contributed by atoms with E-state index in [0.717, 1.165) is 0 Å². The zero-order valence-corrected chi connectivity index (χ0v) is 10.7. The highest BCUT2D eigenvalue weighted by molar-refractivity contribution is 6.31. The first-order valence-electron chi connectivity index (χ1n) is 5.21. The van der Waals surface area contributed by atoms with E-state index in [1.54, 1.807) is 14.0 Å². The molecule has 18 heavy (non-hydrogen) atoms. The largest absolute Gasteiger partial charge is 0.411 e. The highest BCUT2D eigenvalue weighted by Crippen LogP contribution is 2.21. The zero-order valence-electron chi connectivity index (χ0n) is 9.96. The van der Waals surface area contributed by atoms with Gasteiger partial charge in [-0.2, -0.15) is 18.3 Å². The van der Waals surface area contributed by atoms with Crippen molar-refractivity contribution in [2.24, 2.45) is 7.05 Å². The number of aliphatic hydroxyl groups excluding tert-OH is 1. The molecule has 0 aliphatic heterocycles. The molecule has 8 heteroatoms. The number of hydrogen-bond acceptors (Lipinski definition) is 3. The van der Waals surface area contributed by atoms with Gasteiger partial charge in [0.15, 0.2) is 0 Å². The first-order chi connectivity index (χ1) is 8.20. The van der Waals surface area contributed by atoms with Crippen LogP contribution in [-0.2, 0) is 18.2 Å². The third-order valence-electron chi connectivity index (χ3n) is 2.27. The minimum Gasteiger partial charge on any atom is -0.390 e. The summed E-state index contributed by atoms with van der Waals surface area (Å²) in [5, 5.41) is 14.0. The summed E-state index contributed by atoms with van der Waals surface area (Å²) in [6.45, 7) is -0.0688. The maximum Gasteiger partial charge on any atom is 0.411 e. The molecule has 1 aromatic heterocycles. The smallest absolute Gasteiger partial charge is 0.390 e. The molecule has 0 aliphatic carbocycles. The highest BCUT2D eigenvalue weighted by atomic mass is 35.5. The summed E-state index contributed by atoms with van der Waals surface area (Å²) >= 11 is 5.95. The Bertz CT molecular complexity index is 407. The predicted molar refractivity (Wildman–Crippen MR) is 59.5 cm³/mol. The van der Waals surface area contributed by atoms with Crippen molar-refractivity contribution in [3.05, 3.63) is 16.4 Å². The van der Waals surface area contributed by atoms with Gasteiger partial charge in [-0.1, -0.05) is 11.6 Å². The van der Waals surface area contributed by atoms with Crippen LogP contribution in [0.15, 0.2) is 0 Å². The molecular weight excluding hydrogens is 273 g/mol. The van der Waals surface area contributed by atoms with E-state index in [1.165, 1.54) is 4.68 Å². The van der Waals surface area contributed by atoms with Crippen LogP contribution in [0, 0.1) is 6.92 Å². The summed E-state index contributed by atoms with van der Waals surface area (Å²) in [6, 6.07) is 0. The molecule has 0 amide bonds. The summed E-state index contributed by atoms with van der Waals surface area (Å²) in [4.78, 5) is 0. The topological polar surface area (TPSA) is 47.3 Å². The Labute approximate surface area is 107 Å². The van der Waals surface area contributed by atoms with Crippen LogP contribution in [0.2, 0.25) is 5.02 Å². The van der Waals surface area contributed by atoms with E-state index in [2.05, 4.69) is 9.84 Å². The van der Waals surface area contributed by atoms with Gasteiger partial charge in [-0.3, -0.25) is 4.68 Å². The van der Waals surface area contributed by atoms with Crippen LogP contribution in [0.4, 0.5) is 13.2 Å². The molecule has 1 aromatic rings. The lowest BCUT2D eigenvalue weighted by Gasteiger charge is -2.13. The third-order valence-corrected chi connectivity index (χ3v) is 2.76. The molecule has 1 atom stereocenters. The molecule has 1 heterocycles. The fraction of sp³-hybridized carbons (Fsp3) is 0.700. The van der Waals surface area contributed by atoms with Crippen molar-refractivity contribution in [2.45, 2.75) is 25.6 Å². The Morgan fingerprint density at radius 2 is 2.11 bits per heavy atom. The number of aromatic nitrogens is 2. The van der Waals surface area contributed by atoms with E-state index in [4.69, 9.17) is 11.6 Å². The number of hydrogen-bond donors (Lipinski definition) is 1. The summed E-state index contributed by atoms with van der Waals surface area (Å²) < 4.78 is 41.3. The molecule has 1 unspecified atom stereocenters. The Hall–Kier alpha value is -0.790. The first kappa shape index (κ1) is 15.3. The minimum atomic E-state index is -4.39. The molecule has 0 spiro atoms. The molecule has 0 saturated heterocycles. The predicted octanol–water partition coefficient (Wildman–Crippen LogP) is 1.86. The van der Waals surface area contributed by atoms with Crippen LogP contribution in [0.5, 0.6) is 0 Å². The van der Waals surface area contributed by atoms with Crippen molar-refractivity contribution in [3.63, 3.8) is 0 Å². The van der Waals surface area contributed by atoms with Crippen molar-refractivity contribution in [3.8, 4) is 0 Å². The van der Waals surface area contributed by atoms with Gasteiger partial charge in [-0.15, -0.1) is 0 Å². The van der Waals surface area contributed by atoms with Gasteiger partial charge in [-0.05, 0) is 6.92 Å². The Kier molecular flexibility index (Phi) is 5.01. The Balaban J connectivity index is 2.47. The monoisotopic (exact) mass is 286 g/mol. The third kappa shape index (κ3) is 4.47. The SMILES string of the molecule is Cc1nn(C)c(CC(O)COCC(F)(F)F)c1Cl. The van der Waals surface area contributed by atoms with Crippen molar-refractivity contribution >= 4 is 11.6 Å². The average Bonchev–Trinajstić information content (AvgIpc) is 2.43. The van der Waals surface area contributed by atoms with E-state index >= 15 is 0 Å². The summed E-state index contributed by atoms with van der Waals surface area (Å²) in [7, 11) is 1.65. The second-order valence-electron chi connectivity index (χ2n) is 3.96. The molecule has 0 saturated carbocycles. The molecule has 0 bridgehead atoms. The van der Waals surface area contributed by atoms with Gasteiger partial charge < -0.3 is 9.84 Å². The number of rotatable bonds is 5. The lowest BCUT2D eigenvalue weighted by molar-refractivity contribution is -0.179. The molecule has 4 nitrogen and oxygen atoms in total. The molecule has 0 radical (unpaired) electrons. The molecule has 1 N–H and O–H groups in total. The molecule has 0 fully saturated rings. The van der Waals surface area contributed by atoms with Crippen molar-refractivity contribution in [2.75, 3.05) is 13.2 Å². The van der Waals surface area contributed by atoms with Crippen LogP contribution >= 0.6 is 11.6 Å². The van der Waals surface area contributed by atoms with Gasteiger partial charge in [0.2, 0.25) is 0 Å². The lowest BCUT2D eigenvalue weighted by atomic mass is 10.2. The summed E-state index contributed by atoms with van der Waals surface area (Å²) in [5.74, 6) is 0. The molecular formula is C10H14ClF3N2O2. The van der Waals surface area contributed by atoms with E-state index in [-0.39, 0.29) is 6.42 Å². The van der Waals surface area contributed by atoms with E-state index in [1.807, 2.05) is 0 Å². The molecule has 1 rings (SSSR count). The number of alkyl halides is 3. The second-order valence-corrected chi connectivity index (χ2v) is 4.34. The zero-order chi connectivity index (χ0) is 13.9. The summed E-state index contributed by atoms with van der Waals surface area (Å²) in [6.07, 6.45) is -5.35. The Morgan fingerprint density at radius 3 is 2.56 bits per heavy atom. The van der Waals surface area contributed by atoms with Gasteiger partial charge in [0, 0.05) is 13.5 Å². The second kappa shape index (κ2) is 5.90. The highest BCUT2D eigenvalue weighted by Gasteiger charge is 2.28. The molecule has 0 aliphatic rings. The van der Waals surface area contributed by atoms with Gasteiger partial charge in [0.25, 0.3) is 0 Å². The maximum absolute atomic E-state index is 11.8. The number of halogens is 4. The fourth-order valence-corrected chi connectivity index (χ4v) is 1.73. The van der Waals surface area contributed by atoms with Crippen molar-refractivity contribution in [1.29, 1.82) is 0 Å². The molecule has 104 valence electrons. The van der Waals surface area contributed by atoms with E-state index < -0.39 is 25.5 Å². The standard InChI is InChI=1S/C10H14ClF3N2O2/c1-6-9(11)8(16(2)15-6)3-7(17)4-18-5-10(12,13)14/h7,17H,3-5H2,1-2H3. The number of nitrogens with zero attached hydrogens (tertiary/aromatic N) is 2. The van der Waals surface area contributed by atoms with Gasteiger partial charge >= 0.3 is 6.18 Å². The van der Waals surface area contributed by atoms with Crippen LogP contribution in [0.1, 0.15) is 11.4 Å². The minimum absolute atomic E-state index is 0.0913. The van der Waals surface area contributed by atoms with Crippen molar-refractivity contribution < 1.29 is 23.0 Å². The van der Waals surface area contributed by atoms with Crippen LogP contribution < -0.4 is 0 Å². The summed E-state index contributed by atoms with van der Waals surface area (Å²) in [5.41, 5.74) is 1.18. The number of ether oxygens (including phenoxy) is 1. The quantitative estimate of drug-likeness (QED) is 0.899. The van der Waals surface area contributed by atoms with Crippen LogP contribution in [-0.4, -0.2) is 40.4 Å². The lowest BCUT2D eigenvalue weighted by Crippen LogP contribution is -2.24. The Morgan fingerprint density at radius 1 is 1.50 bits per heavy atom. The first-order valence-corrected chi connectivity index (χ1v) is 5.59. The van der Waals surface area contributed by atoms with Crippen molar-refractivity contribution in [1.82, 2.24) is 9.78 Å². The van der Waals surface area contributed by atoms with E-state index in [0.29, 0.717) is 16.4 Å². The molecule has 0 aromatic carbocycles. The van der Waals surface area contributed by atoms with Crippen LogP contribution in [0.25, 0.3) is 0 Å². The van der Waals surface area contributed by atoms with E-state index in [9.17, 15) is 18.3 Å².